The minimum atomic E-state index is -4.45. The number of hydrogen-bond donors (Lipinski definition) is 2. The fraction of sp³-hybridized carbons (Fsp3) is 0.0476. The lowest BCUT2D eigenvalue weighted by molar-refractivity contribution is -0.384. The van der Waals surface area contributed by atoms with Gasteiger partial charge in [-0.1, -0.05) is 12.1 Å². The van der Waals surface area contributed by atoms with Crippen LogP contribution in [0.4, 0.5) is 35.0 Å². The SMILES string of the molecule is O=C(Nc1ccc([N+](=O)[O-])cc1)Nc1cccc(-c2nc3cc(C(F)(F)F)ccc3s2)c1. The van der Waals surface area contributed by atoms with Gasteiger partial charge in [0, 0.05) is 29.1 Å². The van der Waals surface area contributed by atoms with E-state index in [1.54, 1.807) is 24.3 Å². The predicted molar refractivity (Wildman–Crippen MR) is 116 cm³/mol. The van der Waals surface area contributed by atoms with Gasteiger partial charge in [-0.15, -0.1) is 11.3 Å². The van der Waals surface area contributed by atoms with Gasteiger partial charge in [-0.2, -0.15) is 13.2 Å². The molecule has 0 aliphatic rings. The number of nitrogens with one attached hydrogen (secondary N) is 2. The molecule has 4 aromatic rings. The average molecular weight is 458 g/mol. The number of nitro groups is 1. The van der Waals surface area contributed by atoms with Crippen molar-refractivity contribution in [3.8, 4) is 10.6 Å². The van der Waals surface area contributed by atoms with Gasteiger partial charge in [-0.05, 0) is 42.5 Å². The van der Waals surface area contributed by atoms with E-state index in [-0.39, 0.29) is 11.2 Å². The van der Waals surface area contributed by atoms with Crippen LogP contribution in [0.1, 0.15) is 5.56 Å². The molecule has 1 aromatic heterocycles. The Kier molecular flexibility index (Phi) is 5.49. The molecule has 0 bridgehead atoms. The van der Waals surface area contributed by atoms with E-state index in [2.05, 4.69) is 15.6 Å². The Labute approximate surface area is 182 Å². The number of carbonyl (C=O) groups excluding carboxylic acids is 1. The van der Waals surface area contributed by atoms with Gasteiger partial charge in [0.2, 0.25) is 0 Å². The molecule has 2 amide bonds. The highest BCUT2D eigenvalue weighted by atomic mass is 32.1. The third kappa shape index (κ3) is 4.67. The van der Waals surface area contributed by atoms with E-state index in [1.807, 2.05) is 0 Å². The Bertz CT molecular complexity index is 1320. The minimum Gasteiger partial charge on any atom is -0.308 e. The molecule has 7 nitrogen and oxygen atoms in total. The van der Waals surface area contributed by atoms with Crippen molar-refractivity contribution in [1.82, 2.24) is 4.98 Å². The monoisotopic (exact) mass is 458 g/mol. The molecule has 1 heterocycles. The highest BCUT2D eigenvalue weighted by molar-refractivity contribution is 7.21. The number of alkyl halides is 3. The second-order valence-corrected chi connectivity index (χ2v) is 7.69. The molecule has 3 aromatic carbocycles. The van der Waals surface area contributed by atoms with E-state index < -0.39 is 22.7 Å². The Morgan fingerprint density at radius 3 is 2.38 bits per heavy atom. The first-order valence-corrected chi connectivity index (χ1v) is 9.91. The molecule has 0 fully saturated rings. The topological polar surface area (TPSA) is 97.2 Å². The number of amides is 2. The molecular weight excluding hydrogens is 445 g/mol. The number of nitro benzene ring substituents is 1. The number of non-ortho nitro benzene ring substituents is 1. The number of urea groups is 1. The molecule has 0 saturated carbocycles. The summed E-state index contributed by atoms with van der Waals surface area (Å²) in [6, 6.07) is 14.9. The molecule has 0 unspecified atom stereocenters. The highest BCUT2D eigenvalue weighted by Crippen LogP contribution is 2.35. The zero-order chi connectivity index (χ0) is 22.9. The molecule has 32 heavy (non-hydrogen) atoms. The molecule has 0 aliphatic heterocycles. The third-order valence-corrected chi connectivity index (χ3v) is 5.50. The number of nitrogens with zero attached hydrogens (tertiary/aromatic N) is 2. The third-order valence-electron chi connectivity index (χ3n) is 4.42. The number of anilines is 2. The second-order valence-electron chi connectivity index (χ2n) is 6.66. The standard InChI is InChI=1S/C21H13F3N4O3S/c22-21(23,24)13-4-9-18-17(11-13)27-19(32-18)12-2-1-3-15(10-12)26-20(29)25-14-5-7-16(8-6-14)28(30)31/h1-11H,(H2,25,26,29). The normalized spacial score (nSPS) is 11.3. The number of fused-ring (bicyclic) bond motifs is 1. The van der Waals surface area contributed by atoms with E-state index in [1.165, 1.54) is 41.7 Å². The van der Waals surface area contributed by atoms with Crippen LogP contribution in [0.25, 0.3) is 20.8 Å². The highest BCUT2D eigenvalue weighted by Gasteiger charge is 2.30. The maximum absolute atomic E-state index is 12.9. The Morgan fingerprint density at radius 2 is 1.69 bits per heavy atom. The van der Waals surface area contributed by atoms with E-state index >= 15 is 0 Å². The van der Waals surface area contributed by atoms with Crippen LogP contribution in [0.5, 0.6) is 0 Å². The number of benzene rings is 3. The van der Waals surface area contributed by atoms with Crippen LogP contribution < -0.4 is 10.6 Å². The summed E-state index contributed by atoms with van der Waals surface area (Å²) in [6.07, 6.45) is -4.45. The van der Waals surface area contributed by atoms with Crippen LogP contribution in [0, 0.1) is 10.1 Å². The summed E-state index contributed by atoms with van der Waals surface area (Å²) >= 11 is 1.24. The van der Waals surface area contributed by atoms with Crippen LogP contribution in [0.3, 0.4) is 0 Å². The smallest absolute Gasteiger partial charge is 0.308 e. The van der Waals surface area contributed by atoms with Gasteiger partial charge in [-0.25, -0.2) is 9.78 Å². The van der Waals surface area contributed by atoms with Crippen LogP contribution >= 0.6 is 11.3 Å². The number of rotatable bonds is 4. The maximum atomic E-state index is 12.9. The lowest BCUT2D eigenvalue weighted by Gasteiger charge is -2.08. The number of hydrogen-bond acceptors (Lipinski definition) is 5. The molecule has 2 N–H and O–H groups in total. The molecule has 0 atom stereocenters. The van der Waals surface area contributed by atoms with Gasteiger partial charge in [-0.3, -0.25) is 10.1 Å². The molecule has 0 saturated heterocycles. The molecule has 0 spiro atoms. The van der Waals surface area contributed by atoms with Crippen molar-refractivity contribution in [1.29, 1.82) is 0 Å². The van der Waals surface area contributed by atoms with Gasteiger partial charge in [0.25, 0.3) is 5.69 Å². The van der Waals surface area contributed by atoms with Gasteiger partial charge >= 0.3 is 12.2 Å². The van der Waals surface area contributed by atoms with Crippen LogP contribution in [0.15, 0.2) is 66.7 Å². The van der Waals surface area contributed by atoms with Gasteiger partial charge in [0.15, 0.2) is 0 Å². The summed E-state index contributed by atoms with van der Waals surface area (Å²) < 4.78 is 39.4. The summed E-state index contributed by atoms with van der Waals surface area (Å²) in [5.74, 6) is 0. The van der Waals surface area contributed by atoms with Crippen LogP contribution in [-0.2, 0) is 6.18 Å². The van der Waals surface area contributed by atoms with Gasteiger partial charge in [0.05, 0.1) is 20.7 Å². The average Bonchev–Trinajstić information content (AvgIpc) is 3.17. The molecule has 4 rings (SSSR count). The van der Waals surface area contributed by atoms with Crippen LogP contribution in [0.2, 0.25) is 0 Å². The van der Waals surface area contributed by atoms with Gasteiger partial charge < -0.3 is 10.6 Å². The quantitative estimate of drug-likeness (QED) is 0.268. The summed E-state index contributed by atoms with van der Waals surface area (Å²) in [4.78, 5) is 26.7. The number of carbonyl (C=O) groups is 1. The van der Waals surface area contributed by atoms with Crippen molar-refractivity contribution < 1.29 is 22.9 Å². The minimum absolute atomic E-state index is 0.0955. The van der Waals surface area contributed by atoms with E-state index in [4.69, 9.17) is 0 Å². The number of aromatic nitrogens is 1. The first kappa shape index (κ1) is 21.2. The Morgan fingerprint density at radius 1 is 0.969 bits per heavy atom. The number of thiazole rings is 1. The van der Waals surface area contributed by atoms with Crippen molar-refractivity contribution in [3.63, 3.8) is 0 Å². The van der Waals surface area contributed by atoms with Crippen molar-refractivity contribution in [2.45, 2.75) is 6.18 Å². The van der Waals surface area contributed by atoms with E-state index in [0.29, 0.717) is 26.6 Å². The lowest BCUT2D eigenvalue weighted by Crippen LogP contribution is -2.19. The maximum Gasteiger partial charge on any atom is 0.416 e. The first-order valence-electron chi connectivity index (χ1n) is 9.10. The molecule has 162 valence electrons. The van der Waals surface area contributed by atoms with Gasteiger partial charge in [0.1, 0.15) is 5.01 Å². The van der Waals surface area contributed by atoms with E-state index in [0.717, 1.165) is 12.1 Å². The second kappa shape index (κ2) is 8.27. The molecule has 0 radical (unpaired) electrons. The number of halogens is 3. The Balaban J connectivity index is 1.50. The largest absolute Gasteiger partial charge is 0.416 e. The van der Waals surface area contributed by atoms with Crippen molar-refractivity contribution >= 4 is 44.6 Å². The zero-order valence-corrected chi connectivity index (χ0v) is 16.8. The predicted octanol–water partition coefficient (Wildman–Crippen LogP) is 6.53. The summed E-state index contributed by atoms with van der Waals surface area (Å²) in [5, 5.41) is 16.4. The molecule has 0 aliphatic carbocycles. The summed E-state index contributed by atoms with van der Waals surface area (Å²) in [5.41, 5.74) is 0.831. The fourth-order valence-electron chi connectivity index (χ4n) is 2.92. The first-order chi connectivity index (χ1) is 15.2. The lowest BCUT2D eigenvalue weighted by atomic mass is 10.2. The molecular formula is C21H13F3N4O3S. The summed E-state index contributed by atoms with van der Waals surface area (Å²) in [6.45, 7) is 0. The molecule has 11 heteroatoms. The van der Waals surface area contributed by atoms with Crippen LogP contribution in [-0.4, -0.2) is 15.9 Å². The van der Waals surface area contributed by atoms with Crippen molar-refractivity contribution in [2.75, 3.05) is 10.6 Å². The zero-order valence-electron chi connectivity index (χ0n) is 16.0. The van der Waals surface area contributed by atoms with Crippen molar-refractivity contribution in [3.05, 3.63) is 82.4 Å². The van der Waals surface area contributed by atoms with E-state index in [9.17, 15) is 28.1 Å². The fourth-order valence-corrected chi connectivity index (χ4v) is 3.86. The Hall–Kier alpha value is -3.99. The van der Waals surface area contributed by atoms with Crippen molar-refractivity contribution in [2.24, 2.45) is 0 Å². The summed E-state index contributed by atoms with van der Waals surface area (Å²) in [7, 11) is 0.